The van der Waals surface area contributed by atoms with Gasteiger partial charge in [-0.05, 0) is 30.5 Å². The first-order valence-electron chi connectivity index (χ1n) is 5.89. The molecule has 1 fully saturated rings. The molecule has 4 nitrogen and oxygen atoms in total. The normalized spacial score (nSPS) is 16.9. The molecule has 2 N–H and O–H groups in total. The van der Waals surface area contributed by atoms with E-state index in [-0.39, 0.29) is 0 Å². The monoisotopic (exact) mass is 235 g/mol. The summed E-state index contributed by atoms with van der Waals surface area (Å²) in [7, 11) is 0. The second-order valence-electron chi connectivity index (χ2n) is 4.27. The fraction of sp³-hybridized carbons (Fsp3) is 0.462. The van der Waals surface area contributed by atoms with Crippen LogP contribution < -0.4 is 5.32 Å². The minimum absolute atomic E-state index is 0.333. The van der Waals surface area contributed by atoms with Crippen LogP contribution >= 0.6 is 0 Å². The van der Waals surface area contributed by atoms with Gasteiger partial charge in [-0.25, -0.2) is 4.79 Å². The molecule has 0 saturated carbocycles. The zero-order valence-electron chi connectivity index (χ0n) is 9.69. The highest BCUT2D eigenvalue weighted by molar-refractivity contribution is 5.87. The Morgan fingerprint density at radius 2 is 1.94 bits per heavy atom. The summed E-state index contributed by atoms with van der Waals surface area (Å²) in [5.41, 5.74) is 1.45. The number of hydrogen-bond acceptors (Lipinski definition) is 3. The number of hydrogen-bond donors (Lipinski definition) is 2. The molecular weight excluding hydrogens is 218 g/mol. The number of carbonyl (C=O) groups is 1. The first-order chi connectivity index (χ1) is 8.25. The van der Waals surface area contributed by atoms with Gasteiger partial charge >= 0.3 is 5.97 Å². The van der Waals surface area contributed by atoms with Gasteiger partial charge in [0.2, 0.25) is 0 Å². The van der Waals surface area contributed by atoms with Crippen molar-refractivity contribution in [3.63, 3.8) is 0 Å². The Kier molecular flexibility index (Phi) is 4.12. The van der Waals surface area contributed by atoms with Crippen molar-refractivity contribution in [1.82, 2.24) is 5.32 Å². The number of carboxylic acid groups (broad SMARTS) is 1. The van der Waals surface area contributed by atoms with Crippen molar-refractivity contribution >= 4 is 5.97 Å². The van der Waals surface area contributed by atoms with E-state index in [1.54, 1.807) is 12.1 Å². The smallest absolute Gasteiger partial charge is 0.335 e. The third-order valence-electron chi connectivity index (χ3n) is 3.02. The van der Waals surface area contributed by atoms with E-state index >= 15 is 0 Å². The number of benzene rings is 1. The molecule has 0 radical (unpaired) electrons. The van der Waals surface area contributed by atoms with Crippen molar-refractivity contribution in [2.75, 3.05) is 13.2 Å². The zero-order chi connectivity index (χ0) is 12.1. The summed E-state index contributed by atoms with van der Waals surface area (Å²) in [5.74, 6) is -0.881. The van der Waals surface area contributed by atoms with E-state index in [1.165, 1.54) is 0 Å². The van der Waals surface area contributed by atoms with Crippen LogP contribution in [0.4, 0.5) is 0 Å². The average molecular weight is 235 g/mol. The van der Waals surface area contributed by atoms with E-state index in [0.717, 1.165) is 38.2 Å². The van der Waals surface area contributed by atoms with Gasteiger partial charge in [0.25, 0.3) is 0 Å². The fourth-order valence-corrected chi connectivity index (χ4v) is 1.93. The predicted octanol–water partition coefficient (Wildman–Crippen LogP) is 1.65. The van der Waals surface area contributed by atoms with E-state index < -0.39 is 5.97 Å². The molecule has 2 rings (SSSR count). The van der Waals surface area contributed by atoms with Crippen LogP contribution in [0.3, 0.4) is 0 Å². The van der Waals surface area contributed by atoms with Crippen molar-refractivity contribution in [3.8, 4) is 0 Å². The predicted molar refractivity (Wildman–Crippen MR) is 64.1 cm³/mol. The van der Waals surface area contributed by atoms with Gasteiger partial charge in [-0.15, -0.1) is 0 Å². The van der Waals surface area contributed by atoms with Crippen molar-refractivity contribution < 1.29 is 14.6 Å². The van der Waals surface area contributed by atoms with Crippen LogP contribution in [0.25, 0.3) is 0 Å². The van der Waals surface area contributed by atoms with Crippen molar-refractivity contribution in [3.05, 3.63) is 35.4 Å². The third-order valence-corrected chi connectivity index (χ3v) is 3.02. The van der Waals surface area contributed by atoms with E-state index in [2.05, 4.69) is 5.32 Å². The number of rotatable bonds is 4. The molecule has 0 atom stereocenters. The Labute approximate surface area is 101 Å². The highest BCUT2D eigenvalue weighted by Gasteiger charge is 2.12. The molecule has 4 heteroatoms. The Balaban J connectivity index is 1.84. The molecule has 1 heterocycles. The zero-order valence-corrected chi connectivity index (χ0v) is 9.69. The Morgan fingerprint density at radius 3 is 2.53 bits per heavy atom. The molecule has 1 aromatic carbocycles. The molecule has 0 aromatic heterocycles. The van der Waals surface area contributed by atoms with Gasteiger partial charge in [0.15, 0.2) is 0 Å². The SMILES string of the molecule is O=C(O)c1ccc(CNC2CCOCC2)cc1. The summed E-state index contributed by atoms with van der Waals surface area (Å²) in [5, 5.41) is 12.2. The Hall–Kier alpha value is -1.39. The highest BCUT2D eigenvalue weighted by atomic mass is 16.5. The lowest BCUT2D eigenvalue weighted by atomic mass is 10.1. The summed E-state index contributed by atoms with van der Waals surface area (Å²) in [6.45, 7) is 2.44. The third kappa shape index (κ3) is 3.54. The van der Waals surface area contributed by atoms with Crippen LogP contribution in [0, 0.1) is 0 Å². The van der Waals surface area contributed by atoms with Crippen LogP contribution in [0.1, 0.15) is 28.8 Å². The molecule has 1 aliphatic heterocycles. The van der Waals surface area contributed by atoms with Gasteiger partial charge in [-0.2, -0.15) is 0 Å². The molecule has 17 heavy (non-hydrogen) atoms. The van der Waals surface area contributed by atoms with E-state index in [0.29, 0.717) is 11.6 Å². The molecular formula is C13H17NO3. The van der Waals surface area contributed by atoms with Gasteiger partial charge < -0.3 is 15.2 Å². The lowest BCUT2D eigenvalue weighted by Gasteiger charge is -2.23. The maximum absolute atomic E-state index is 10.7. The molecule has 1 aromatic rings. The maximum atomic E-state index is 10.7. The minimum Gasteiger partial charge on any atom is -0.478 e. The number of carboxylic acids is 1. The first kappa shape index (κ1) is 12.1. The maximum Gasteiger partial charge on any atom is 0.335 e. The number of ether oxygens (including phenoxy) is 1. The molecule has 0 amide bonds. The second kappa shape index (κ2) is 5.80. The summed E-state index contributed by atoms with van der Waals surface area (Å²) in [4.78, 5) is 10.7. The van der Waals surface area contributed by atoms with Crippen LogP contribution in [0.5, 0.6) is 0 Å². The average Bonchev–Trinajstić information content (AvgIpc) is 2.38. The molecule has 0 unspecified atom stereocenters. The molecule has 0 aliphatic carbocycles. The second-order valence-corrected chi connectivity index (χ2v) is 4.27. The van der Waals surface area contributed by atoms with Gasteiger partial charge in [0.05, 0.1) is 5.56 Å². The van der Waals surface area contributed by atoms with Gasteiger partial charge in [0.1, 0.15) is 0 Å². The topological polar surface area (TPSA) is 58.6 Å². The summed E-state index contributed by atoms with van der Waals surface area (Å²) in [6.07, 6.45) is 2.10. The Morgan fingerprint density at radius 1 is 1.29 bits per heavy atom. The van der Waals surface area contributed by atoms with E-state index in [9.17, 15) is 4.79 Å². The lowest BCUT2D eigenvalue weighted by molar-refractivity contribution is 0.0696. The standard InChI is InChI=1S/C13H17NO3/c15-13(16)11-3-1-10(2-4-11)9-14-12-5-7-17-8-6-12/h1-4,12,14H,5-9H2,(H,15,16). The van der Waals surface area contributed by atoms with Gasteiger partial charge in [-0.1, -0.05) is 12.1 Å². The largest absolute Gasteiger partial charge is 0.478 e. The van der Waals surface area contributed by atoms with Gasteiger partial charge in [-0.3, -0.25) is 0 Å². The molecule has 0 spiro atoms. The van der Waals surface area contributed by atoms with E-state index in [1.807, 2.05) is 12.1 Å². The molecule has 92 valence electrons. The molecule has 1 aliphatic rings. The van der Waals surface area contributed by atoms with E-state index in [4.69, 9.17) is 9.84 Å². The molecule has 0 bridgehead atoms. The van der Waals surface area contributed by atoms with Gasteiger partial charge in [0, 0.05) is 25.8 Å². The van der Waals surface area contributed by atoms with Crippen molar-refractivity contribution in [2.45, 2.75) is 25.4 Å². The van der Waals surface area contributed by atoms with Crippen molar-refractivity contribution in [1.29, 1.82) is 0 Å². The number of aromatic carboxylic acids is 1. The Bertz CT molecular complexity index is 369. The minimum atomic E-state index is -0.881. The number of nitrogens with one attached hydrogen (secondary N) is 1. The van der Waals surface area contributed by atoms with Crippen LogP contribution in [-0.2, 0) is 11.3 Å². The molecule has 1 saturated heterocycles. The summed E-state index contributed by atoms with van der Waals surface area (Å²) >= 11 is 0. The fourth-order valence-electron chi connectivity index (χ4n) is 1.93. The summed E-state index contributed by atoms with van der Waals surface area (Å²) < 4.78 is 5.29. The lowest BCUT2D eigenvalue weighted by Crippen LogP contribution is -2.34. The summed E-state index contributed by atoms with van der Waals surface area (Å²) in [6, 6.07) is 7.51. The van der Waals surface area contributed by atoms with Crippen LogP contribution in [0.15, 0.2) is 24.3 Å². The first-order valence-corrected chi connectivity index (χ1v) is 5.89. The van der Waals surface area contributed by atoms with Crippen LogP contribution in [0.2, 0.25) is 0 Å². The van der Waals surface area contributed by atoms with Crippen LogP contribution in [-0.4, -0.2) is 30.3 Å². The quantitative estimate of drug-likeness (QED) is 0.833. The highest BCUT2D eigenvalue weighted by Crippen LogP contribution is 2.09. The van der Waals surface area contributed by atoms with Crippen molar-refractivity contribution in [2.24, 2.45) is 0 Å².